The number of nitrogens with zero attached hydrogens (tertiary/aromatic N) is 3. The molecule has 0 aliphatic carbocycles. The summed E-state index contributed by atoms with van der Waals surface area (Å²) in [6, 6.07) is 7.20. The van der Waals surface area contributed by atoms with E-state index in [4.69, 9.17) is 4.42 Å². The van der Waals surface area contributed by atoms with Gasteiger partial charge in [0.05, 0.1) is 5.56 Å². The van der Waals surface area contributed by atoms with Gasteiger partial charge >= 0.3 is 0 Å². The Kier molecular flexibility index (Phi) is 2.57. The van der Waals surface area contributed by atoms with Crippen LogP contribution in [0.5, 0.6) is 0 Å². The van der Waals surface area contributed by atoms with Gasteiger partial charge in [0.25, 0.3) is 0 Å². The normalized spacial score (nSPS) is 11.9. The zero-order valence-electron chi connectivity index (χ0n) is 9.57. The van der Waals surface area contributed by atoms with Crippen LogP contribution in [0.1, 0.15) is 16.2 Å². The number of aromatic amines is 1. The first-order chi connectivity index (χ1) is 9.25. The first kappa shape index (κ1) is 11.1. The van der Waals surface area contributed by atoms with E-state index >= 15 is 0 Å². The average Bonchev–Trinajstić information content (AvgIpc) is 3.08. The third kappa shape index (κ3) is 1.97. The summed E-state index contributed by atoms with van der Waals surface area (Å²) >= 11 is 0. The van der Waals surface area contributed by atoms with Crippen molar-refractivity contribution in [1.82, 2.24) is 20.6 Å². The Hall–Kier alpha value is -2.96. The second-order valence-corrected chi connectivity index (χ2v) is 3.77. The average molecular weight is 256 g/mol. The van der Waals surface area contributed by atoms with Gasteiger partial charge in [-0.25, -0.2) is 0 Å². The first-order valence-electron chi connectivity index (χ1n) is 5.41. The van der Waals surface area contributed by atoms with Crippen LogP contribution >= 0.6 is 0 Å². The Morgan fingerprint density at radius 1 is 1.37 bits per heavy atom. The van der Waals surface area contributed by atoms with Gasteiger partial charge in [0, 0.05) is 11.5 Å². The van der Waals surface area contributed by atoms with Crippen LogP contribution in [-0.2, 0) is 0 Å². The Morgan fingerprint density at radius 3 is 3.00 bits per heavy atom. The summed E-state index contributed by atoms with van der Waals surface area (Å²) in [4.78, 5) is 11.7. The molecule has 0 radical (unpaired) electrons. The number of rotatable bonds is 3. The summed E-state index contributed by atoms with van der Waals surface area (Å²) in [6.07, 6.45) is 2.42. The first-order valence-corrected chi connectivity index (χ1v) is 5.41. The van der Waals surface area contributed by atoms with Gasteiger partial charge in [-0.05, 0) is 11.3 Å². The lowest BCUT2D eigenvalue weighted by Gasteiger charge is -1.95. The Bertz CT molecular complexity index is 758. The zero-order valence-corrected chi connectivity index (χ0v) is 9.57. The highest BCUT2D eigenvalue weighted by molar-refractivity contribution is 6.06. The number of H-pyrrole nitrogens is 1. The van der Waals surface area contributed by atoms with Gasteiger partial charge in [-0.15, -0.1) is 10.2 Å². The molecule has 0 unspecified atom stereocenters. The van der Waals surface area contributed by atoms with E-state index in [1.54, 1.807) is 12.1 Å². The van der Waals surface area contributed by atoms with Crippen molar-refractivity contribution in [2.24, 2.45) is 0 Å². The lowest BCUT2D eigenvalue weighted by molar-refractivity contribution is 0.103. The van der Waals surface area contributed by atoms with E-state index in [0.717, 1.165) is 11.5 Å². The summed E-state index contributed by atoms with van der Waals surface area (Å²) < 4.78 is 5.28. The maximum atomic E-state index is 11.7. The minimum Gasteiger partial charge on any atom is -0.507 e. The van der Waals surface area contributed by atoms with Gasteiger partial charge in [-0.1, -0.05) is 18.2 Å². The number of para-hydroxylation sites is 1. The van der Waals surface area contributed by atoms with Crippen molar-refractivity contribution in [3.05, 3.63) is 48.0 Å². The van der Waals surface area contributed by atoms with Crippen molar-refractivity contribution in [3.8, 4) is 0 Å². The van der Waals surface area contributed by atoms with Gasteiger partial charge in [0.2, 0.25) is 11.6 Å². The predicted octanol–water partition coefficient (Wildman–Crippen LogP) is 1.73. The van der Waals surface area contributed by atoms with Crippen LogP contribution in [0.4, 0.5) is 0 Å². The van der Waals surface area contributed by atoms with E-state index in [2.05, 4.69) is 20.6 Å². The molecule has 0 aliphatic rings. The number of aliphatic hydroxyl groups excluding tert-OH is 1. The molecule has 3 aromatic rings. The summed E-state index contributed by atoms with van der Waals surface area (Å²) in [6.45, 7) is 0. The highest BCUT2D eigenvalue weighted by Gasteiger charge is 2.13. The number of tetrazole rings is 1. The molecule has 0 spiro atoms. The molecule has 2 N–H and O–H groups in total. The van der Waals surface area contributed by atoms with Crippen LogP contribution in [0.15, 0.2) is 41.0 Å². The number of aliphatic hydroxyl groups is 1. The van der Waals surface area contributed by atoms with Crippen molar-refractivity contribution in [3.63, 3.8) is 0 Å². The number of nitrogens with one attached hydrogen (secondary N) is 1. The Labute approximate surface area is 106 Å². The highest BCUT2D eigenvalue weighted by Crippen LogP contribution is 2.25. The highest BCUT2D eigenvalue weighted by atomic mass is 16.3. The standard InChI is InChI=1S/C12H8N4O3/c17-9(5-10(18)12-13-15-16-14-12)8-6-19-11-4-2-1-3-7(8)11/h1-6,17H,(H,13,14,15,16). The predicted molar refractivity (Wildman–Crippen MR) is 65.3 cm³/mol. The summed E-state index contributed by atoms with van der Waals surface area (Å²) in [5.74, 6) is -0.865. The molecule has 2 aromatic heterocycles. The van der Waals surface area contributed by atoms with Crippen LogP contribution in [0, 0.1) is 0 Å². The van der Waals surface area contributed by atoms with Gasteiger partial charge in [-0.2, -0.15) is 5.21 Å². The summed E-state index contributed by atoms with van der Waals surface area (Å²) in [7, 11) is 0. The topological polar surface area (TPSA) is 105 Å². The molecular weight excluding hydrogens is 248 g/mol. The number of benzene rings is 1. The lowest BCUT2D eigenvalue weighted by Crippen LogP contribution is -1.99. The molecule has 0 saturated carbocycles. The van der Waals surface area contributed by atoms with Crippen LogP contribution in [0.2, 0.25) is 0 Å². The maximum absolute atomic E-state index is 11.7. The van der Waals surface area contributed by atoms with E-state index in [1.165, 1.54) is 6.26 Å². The molecule has 0 fully saturated rings. The number of fused-ring (bicyclic) bond motifs is 1. The number of ketones is 1. The minimum absolute atomic E-state index is 0.112. The summed E-state index contributed by atoms with van der Waals surface area (Å²) in [5, 5.41) is 23.2. The van der Waals surface area contributed by atoms with E-state index in [9.17, 15) is 9.90 Å². The molecule has 94 valence electrons. The quantitative estimate of drug-likeness (QED) is 0.420. The number of allylic oxidation sites excluding steroid dienone is 1. The number of hydrogen-bond donors (Lipinski definition) is 2. The summed E-state index contributed by atoms with van der Waals surface area (Å²) in [5.41, 5.74) is 1.07. The minimum atomic E-state index is -0.545. The molecule has 19 heavy (non-hydrogen) atoms. The van der Waals surface area contributed by atoms with Crippen LogP contribution in [0.25, 0.3) is 16.7 Å². The van der Waals surface area contributed by atoms with E-state index in [-0.39, 0.29) is 11.6 Å². The number of furan rings is 1. The molecule has 0 aliphatic heterocycles. The number of carbonyl (C=O) groups is 1. The molecule has 0 saturated heterocycles. The fraction of sp³-hybridized carbons (Fsp3) is 0. The lowest BCUT2D eigenvalue weighted by atomic mass is 10.1. The van der Waals surface area contributed by atoms with Crippen LogP contribution in [-0.4, -0.2) is 31.5 Å². The fourth-order valence-corrected chi connectivity index (χ4v) is 1.71. The van der Waals surface area contributed by atoms with Crippen molar-refractivity contribution in [2.75, 3.05) is 0 Å². The smallest absolute Gasteiger partial charge is 0.244 e. The van der Waals surface area contributed by atoms with E-state index in [0.29, 0.717) is 11.1 Å². The monoisotopic (exact) mass is 256 g/mol. The van der Waals surface area contributed by atoms with Crippen molar-refractivity contribution < 1.29 is 14.3 Å². The molecule has 1 aromatic carbocycles. The third-order valence-electron chi connectivity index (χ3n) is 2.59. The molecule has 0 amide bonds. The SMILES string of the molecule is O=C(C=C(O)c1coc2ccccc12)c1nn[nH]n1. The number of hydrogen-bond acceptors (Lipinski definition) is 6. The van der Waals surface area contributed by atoms with Crippen molar-refractivity contribution >= 4 is 22.5 Å². The molecule has 7 heteroatoms. The number of aromatic nitrogens is 4. The second-order valence-electron chi connectivity index (χ2n) is 3.77. The second kappa shape index (κ2) is 4.37. The molecule has 7 nitrogen and oxygen atoms in total. The van der Waals surface area contributed by atoms with Gasteiger partial charge in [0.15, 0.2) is 0 Å². The van der Waals surface area contributed by atoms with Crippen LogP contribution in [0.3, 0.4) is 0 Å². The molecular formula is C12H8N4O3. The van der Waals surface area contributed by atoms with Gasteiger partial charge in [-0.3, -0.25) is 4.79 Å². The molecule has 0 bridgehead atoms. The van der Waals surface area contributed by atoms with Crippen molar-refractivity contribution in [1.29, 1.82) is 0 Å². The van der Waals surface area contributed by atoms with Gasteiger partial charge < -0.3 is 9.52 Å². The molecule has 3 rings (SSSR count). The fourth-order valence-electron chi connectivity index (χ4n) is 1.71. The largest absolute Gasteiger partial charge is 0.507 e. The zero-order chi connectivity index (χ0) is 13.2. The van der Waals surface area contributed by atoms with E-state index < -0.39 is 5.78 Å². The Morgan fingerprint density at radius 2 is 2.21 bits per heavy atom. The van der Waals surface area contributed by atoms with Crippen LogP contribution < -0.4 is 0 Å². The van der Waals surface area contributed by atoms with Gasteiger partial charge in [0.1, 0.15) is 17.6 Å². The third-order valence-corrected chi connectivity index (χ3v) is 2.59. The number of carbonyl (C=O) groups excluding carboxylic acids is 1. The molecule has 0 atom stereocenters. The van der Waals surface area contributed by atoms with Crippen molar-refractivity contribution in [2.45, 2.75) is 0 Å². The maximum Gasteiger partial charge on any atom is 0.244 e. The van der Waals surface area contributed by atoms with E-state index in [1.807, 2.05) is 12.1 Å². The Balaban J connectivity index is 2.00. The molecule has 2 heterocycles.